The largest absolute Gasteiger partial charge is 0.340 e. The van der Waals surface area contributed by atoms with Gasteiger partial charge in [0.05, 0.1) is 28.7 Å². The summed E-state index contributed by atoms with van der Waals surface area (Å²) in [5.41, 5.74) is 6.29. The van der Waals surface area contributed by atoms with Crippen LogP contribution in [0.15, 0.2) is 61.1 Å². The number of hydrogen-bond donors (Lipinski definition) is 3. The number of amides is 1. The van der Waals surface area contributed by atoms with E-state index in [-0.39, 0.29) is 23.6 Å². The number of halogens is 1. The van der Waals surface area contributed by atoms with Crippen molar-refractivity contribution in [2.45, 2.75) is 25.2 Å². The van der Waals surface area contributed by atoms with Gasteiger partial charge >= 0.3 is 0 Å². The number of anilines is 1. The first-order valence-electron chi connectivity index (χ1n) is 13.8. The van der Waals surface area contributed by atoms with E-state index in [0.717, 1.165) is 71.5 Å². The Hall–Kier alpha value is -4.70. The number of carbonyl (C=O) groups is 1. The molecule has 2 aliphatic rings. The van der Waals surface area contributed by atoms with Crippen molar-refractivity contribution in [1.82, 2.24) is 35.0 Å². The summed E-state index contributed by atoms with van der Waals surface area (Å²) in [4.78, 5) is 32.4. The molecule has 0 saturated carbocycles. The lowest BCUT2D eigenvalue weighted by Crippen LogP contribution is -2.35. The Balaban J connectivity index is 1.18. The van der Waals surface area contributed by atoms with E-state index < -0.39 is 0 Å². The molecule has 1 saturated heterocycles. The molecule has 0 bridgehead atoms. The van der Waals surface area contributed by atoms with Crippen molar-refractivity contribution in [1.29, 1.82) is 0 Å². The number of likely N-dealkylation sites (tertiary alicyclic amines) is 1. The van der Waals surface area contributed by atoms with Gasteiger partial charge in [0, 0.05) is 35.4 Å². The van der Waals surface area contributed by atoms with Crippen LogP contribution in [0.25, 0.3) is 39.8 Å². The molecule has 0 spiro atoms. The summed E-state index contributed by atoms with van der Waals surface area (Å²) >= 11 is 0. The van der Waals surface area contributed by atoms with Crippen molar-refractivity contribution < 1.29 is 9.18 Å². The van der Waals surface area contributed by atoms with Gasteiger partial charge in [-0.1, -0.05) is 18.2 Å². The molecule has 41 heavy (non-hydrogen) atoms. The summed E-state index contributed by atoms with van der Waals surface area (Å²) in [6.45, 7) is 1.85. The number of carbonyl (C=O) groups excluding carboxylic acids is 1. The van der Waals surface area contributed by atoms with E-state index in [1.54, 1.807) is 30.7 Å². The summed E-state index contributed by atoms with van der Waals surface area (Å²) in [7, 11) is 2.08. The smallest absolute Gasteiger partial charge is 0.227 e. The van der Waals surface area contributed by atoms with Gasteiger partial charge in [0.1, 0.15) is 11.5 Å². The fourth-order valence-electron chi connectivity index (χ4n) is 5.79. The van der Waals surface area contributed by atoms with Crippen LogP contribution in [0.2, 0.25) is 0 Å². The van der Waals surface area contributed by atoms with E-state index >= 15 is 0 Å². The number of pyridine rings is 2. The molecule has 3 N–H and O–H groups in total. The second kappa shape index (κ2) is 10.4. The van der Waals surface area contributed by atoms with E-state index in [0.29, 0.717) is 17.2 Å². The van der Waals surface area contributed by atoms with Crippen molar-refractivity contribution in [3.8, 4) is 22.6 Å². The van der Waals surface area contributed by atoms with Crippen molar-refractivity contribution in [2.24, 2.45) is 5.92 Å². The minimum Gasteiger partial charge on any atom is -0.340 e. The van der Waals surface area contributed by atoms with Crippen LogP contribution in [0.4, 0.5) is 10.1 Å². The second-order valence-electron chi connectivity index (χ2n) is 10.9. The molecule has 1 amide bonds. The van der Waals surface area contributed by atoms with Crippen LogP contribution < -0.4 is 5.32 Å². The third-order valence-electron chi connectivity index (χ3n) is 8.08. The van der Waals surface area contributed by atoms with Gasteiger partial charge in [0.15, 0.2) is 11.5 Å². The van der Waals surface area contributed by atoms with Gasteiger partial charge in [-0.2, -0.15) is 5.10 Å². The predicted octanol–water partition coefficient (Wildman–Crippen LogP) is 5.38. The topological polar surface area (TPSA) is 115 Å². The van der Waals surface area contributed by atoms with Crippen LogP contribution in [0.3, 0.4) is 0 Å². The monoisotopic (exact) mass is 548 g/mol. The summed E-state index contributed by atoms with van der Waals surface area (Å²) in [6, 6.07) is 10.6. The van der Waals surface area contributed by atoms with Gasteiger partial charge in [-0.3, -0.25) is 14.9 Å². The third kappa shape index (κ3) is 4.91. The molecule has 1 unspecified atom stereocenters. The maximum Gasteiger partial charge on any atom is 0.227 e. The highest BCUT2D eigenvalue weighted by molar-refractivity contribution is 5.94. The normalized spacial score (nSPS) is 17.6. The molecule has 1 aliphatic carbocycles. The van der Waals surface area contributed by atoms with Crippen LogP contribution in [-0.2, 0) is 4.79 Å². The van der Waals surface area contributed by atoms with Gasteiger partial charge in [0.25, 0.3) is 0 Å². The molecule has 1 atom stereocenters. The molecule has 5 aromatic rings. The van der Waals surface area contributed by atoms with Crippen LogP contribution in [0, 0.1) is 11.7 Å². The molecule has 9 nitrogen and oxygen atoms in total. The number of imidazole rings is 1. The van der Waals surface area contributed by atoms with Crippen LogP contribution >= 0.6 is 0 Å². The Morgan fingerprint density at radius 2 is 1.95 bits per heavy atom. The van der Waals surface area contributed by atoms with E-state index in [2.05, 4.69) is 48.5 Å². The fraction of sp³-hybridized carbons (Fsp3) is 0.258. The lowest BCUT2D eigenvalue weighted by atomic mass is 9.88. The van der Waals surface area contributed by atoms with Gasteiger partial charge < -0.3 is 15.2 Å². The average Bonchev–Trinajstić information content (AvgIpc) is 3.61. The predicted molar refractivity (Wildman–Crippen MR) is 155 cm³/mol. The van der Waals surface area contributed by atoms with Crippen LogP contribution in [0.5, 0.6) is 0 Å². The first-order chi connectivity index (χ1) is 20.0. The molecule has 206 valence electrons. The Morgan fingerprint density at radius 1 is 1.10 bits per heavy atom. The number of nitrogens with one attached hydrogen (secondary N) is 3. The van der Waals surface area contributed by atoms with Crippen LogP contribution in [0.1, 0.15) is 42.1 Å². The molecule has 1 aromatic carbocycles. The fourth-order valence-corrected chi connectivity index (χ4v) is 5.79. The standard InChI is InChI=1S/C31H29FN8O/c1-40-10-8-18(9-11-40)31(41)35-23-13-20(15-33-17-23)21-14-25-28(38-39-29(25)34-16-21)30-36-26-7-3-6-24(27(26)37-30)19-4-2-5-22(32)12-19/h2-5,7,12-18,24H,6,8-11H2,1H3,(H,35,41)(H,36,37)(H,34,38,39). The van der Waals surface area contributed by atoms with Crippen LogP contribution in [-0.4, -0.2) is 61.1 Å². The van der Waals surface area contributed by atoms with E-state index in [4.69, 9.17) is 4.98 Å². The average molecular weight is 549 g/mol. The quantitative estimate of drug-likeness (QED) is 0.272. The third-order valence-corrected chi connectivity index (χ3v) is 8.08. The van der Waals surface area contributed by atoms with E-state index in [9.17, 15) is 9.18 Å². The number of benzene rings is 1. The molecule has 1 aliphatic heterocycles. The van der Waals surface area contributed by atoms with Gasteiger partial charge in [-0.05, 0) is 75.3 Å². The zero-order valence-corrected chi connectivity index (χ0v) is 22.6. The number of fused-ring (bicyclic) bond motifs is 2. The Bertz CT molecular complexity index is 1780. The first kappa shape index (κ1) is 25.3. The zero-order valence-electron chi connectivity index (χ0n) is 22.6. The number of aromatic nitrogens is 6. The molecule has 5 heterocycles. The Kier molecular flexibility index (Phi) is 6.39. The summed E-state index contributed by atoms with van der Waals surface area (Å²) in [5, 5.41) is 11.3. The summed E-state index contributed by atoms with van der Waals surface area (Å²) < 4.78 is 14.0. The molecule has 10 heteroatoms. The minimum absolute atomic E-state index is 0.0100. The highest BCUT2D eigenvalue weighted by Crippen LogP contribution is 2.37. The molecule has 7 rings (SSSR count). The minimum atomic E-state index is -0.253. The number of hydrogen-bond acceptors (Lipinski definition) is 6. The number of rotatable bonds is 5. The Labute approximate surface area is 235 Å². The maximum absolute atomic E-state index is 14.0. The summed E-state index contributed by atoms with van der Waals surface area (Å²) in [6.07, 6.45) is 11.7. The number of allylic oxidation sites excluding steroid dienone is 1. The number of piperidine rings is 1. The Morgan fingerprint density at radius 3 is 2.80 bits per heavy atom. The summed E-state index contributed by atoms with van der Waals surface area (Å²) in [5.74, 6) is 0.414. The first-order valence-corrected chi connectivity index (χ1v) is 13.8. The van der Waals surface area contributed by atoms with E-state index in [1.165, 1.54) is 6.07 Å². The van der Waals surface area contributed by atoms with Gasteiger partial charge in [-0.15, -0.1) is 0 Å². The lowest BCUT2D eigenvalue weighted by molar-refractivity contribution is -0.121. The number of H-pyrrole nitrogens is 2. The zero-order chi connectivity index (χ0) is 27.9. The van der Waals surface area contributed by atoms with Crippen molar-refractivity contribution in [2.75, 3.05) is 25.5 Å². The molecule has 4 aromatic heterocycles. The highest BCUT2D eigenvalue weighted by Gasteiger charge is 2.26. The lowest BCUT2D eigenvalue weighted by Gasteiger charge is -2.28. The highest BCUT2D eigenvalue weighted by atomic mass is 19.1. The van der Waals surface area contributed by atoms with E-state index in [1.807, 2.05) is 24.3 Å². The molecule has 1 fully saturated rings. The van der Waals surface area contributed by atoms with Gasteiger partial charge in [0.2, 0.25) is 5.91 Å². The SMILES string of the molecule is CN1CCC(C(=O)Nc2cncc(-c3cnc4n[nH]c(-c5nc6c([nH]5)C(c5cccc(F)c5)CC=C6)c4c3)c2)CC1. The van der Waals surface area contributed by atoms with Crippen molar-refractivity contribution >= 4 is 28.7 Å². The molecule has 0 radical (unpaired) electrons. The molecular weight excluding hydrogens is 519 g/mol. The molecular formula is C31H29FN8O. The number of aromatic amines is 2. The van der Waals surface area contributed by atoms with Crippen molar-refractivity contribution in [3.05, 3.63) is 83.8 Å². The maximum atomic E-state index is 14.0. The van der Waals surface area contributed by atoms with Gasteiger partial charge in [-0.25, -0.2) is 14.4 Å². The number of nitrogens with zero attached hydrogens (tertiary/aromatic N) is 5. The van der Waals surface area contributed by atoms with Crippen molar-refractivity contribution in [3.63, 3.8) is 0 Å². The second-order valence-corrected chi connectivity index (χ2v) is 10.9.